The van der Waals surface area contributed by atoms with Gasteiger partial charge in [0.1, 0.15) is 0 Å². The lowest BCUT2D eigenvalue weighted by atomic mass is 9.83. The van der Waals surface area contributed by atoms with Crippen molar-refractivity contribution in [2.45, 2.75) is 34.1 Å². The summed E-state index contributed by atoms with van der Waals surface area (Å²) < 4.78 is 0. The van der Waals surface area contributed by atoms with Crippen LogP contribution < -0.4 is 0 Å². The van der Waals surface area contributed by atoms with Crippen LogP contribution in [0.2, 0.25) is 0 Å². The number of fused-ring (bicyclic) bond motifs is 2. The summed E-state index contributed by atoms with van der Waals surface area (Å²) in [6.45, 7) is 4.41. The van der Waals surface area contributed by atoms with Crippen molar-refractivity contribution in [3.63, 3.8) is 0 Å². The number of imide groups is 1. The maximum atomic E-state index is 12.2. The summed E-state index contributed by atoms with van der Waals surface area (Å²) in [6, 6.07) is 0. The summed E-state index contributed by atoms with van der Waals surface area (Å²) in [5, 5.41) is 6.89. The van der Waals surface area contributed by atoms with Crippen LogP contribution >= 0.6 is 0 Å². The first-order valence-corrected chi connectivity index (χ1v) is 6.62. The number of allylic oxidation sites excluding steroid dienone is 2. The summed E-state index contributed by atoms with van der Waals surface area (Å²) in [5.41, 5.74) is 0. The molecule has 0 spiro atoms. The Labute approximate surface area is 120 Å². The van der Waals surface area contributed by atoms with E-state index >= 15 is 0 Å². The monoisotopic (exact) mass is 283 g/mol. The largest absolute Gasteiger partial charge is 0.483 e. The van der Waals surface area contributed by atoms with Gasteiger partial charge in [-0.1, -0.05) is 33.4 Å². The summed E-state index contributed by atoms with van der Waals surface area (Å²) in [5.74, 6) is 1.37. The summed E-state index contributed by atoms with van der Waals surface area (Å²) in [4.78, 5) is 32.8. The Kier molecular flexibility index (Phi) is 7.80. The third kappa shape index (κ3) is 3.68. The molecule has 0 aromatic carbocycles. The highest BCUT2D eigenvalue weighted by Crippen LogP contribution is 2.48. The highest BCUT2D eigenvalue weighted by molar-refractivity contribution is 5.89. The molecular formula is C15H25NO4. The lowest BCUT2D eigenvalue weighted by Gasteiger charge is -2.27. The van der Waals surface area contributed by atoms with Gasteiger partial charge in [0.25, 0.3) is 6.47 Å². The fourth-order valence-electron chi connectivity index (χ4n) is 3.12. The zero-order valence-electron chi connectivity index (χ0n) is 11.4. The van der Waals surface area contributed by atoms with E-state index in [2.05, 4.69) is 19.1 Å². The van der Waals surface area contributed by atoms with Crippen molar-refractivity contribution in [1.82, 2.24) is 4.90 Å². The van der Waals surface area contributed by atoms with Gasteiger partial charge in [0.15, 0.2) is 0 Å². The third-order valence-corrected chi connectivity index (χ3v) is 4.01. The van der Waals surface area contributed by atoms with E-state index in [0.29, 0.717) is 30.7 Å². The molecule has 5 heteroatoms. The second-order valence-corrected chi connectivity index (χ2v) is 5.08. The van der Waals surface area contributed by atoms with E-state index in [-0.39, 0.29) is 25.7 Å². The molecule has 2 aliphatic rings. The molecule has 1 saturated carbocycles. The highest BCUT2D eigenvalue weighted by Gasteiger charge is 2.46. The smallest absolute Gasteiger partial charge is 0.290 e. The second kappa shape index (κ2) is 8.51. The Bertz CT molecular complexity index is 367. The molecule has 2 rings (SSSR count). The molecule has 4 atom stereocenters. The molecule has 1 fully saturated rings. The van der Waals surface area contributed by atoms with Gasteiger partial charge in [0, 0.05) is 12.5 Å². The van der Waals surface area contributed by atoms with Crippen LogP contribution in [0.15, 0.2) is 12.2 Å². The molecule has 0 aromatic rings. The molecule has 2 amide bonds. The molecule has 114 valence electrons. The number of hydrogen-bond acceptors (Lipinski definition) is 3. The Morgan fingerprint density at radius 2 is 1.90 bits per heavy atom. The minimum Gasteiger partial charge on any atom is -0.483 e. The van der Waals surface area contributed by atoms with Crippen molar-refractivity contribution in [2.24, 2.45) is 23.7 Å². The molecule has 2 bridgehead atoms. The standard InChI is InChI=1S/C13H19NO2.CH2O2.CH4/c1-3-6-14(8-15)13(16)12-9(2)10-4-5-11(12)7-10;2-1-3;/h4-5,8-12H,3,6-7H2,1-2H3;1H,(H,2,3);1H4. The summed E-state index contributed by atoms with van der Waals surface area (Å²) in [6.07, 6.45) is 6.99. The predicted molar refractivity (Wildman–Crippen MR) is 76.9 cm³/mol. The maximum Gasteiger partial charge on any atom is 0.290 e. The van der Waals surface area contributed by atoms with Crippen molar-refractivity contribution in [2.75, 3.05) is 6.54 Å². The quantitative estimate of drug-likeness (QED) is 0.634. The predicted octanol–water partition coefficient (Wildman–Crippen LogP) is 2.18. The van der Waals surface area contributed by atoms with Crippen LogP contribution in [0.25, 0.3) is 0 Å². The van der Waals surface area contributed by atoms with Crippen molar-refractivity contribution >= 4 is 18.8 Å². The third-order valence-electron chi connectivity index (χ3n) is 4.01. The van der Waals surface area contributed by atoms with Crippen LogP contribution in [0, 0.1) is 23.7 Å². The second-order valence-electron chi connectivity index (χ2n) is 5.08. The lowest BCUT2D eigenvalue weighted by Crippen LogP contribution is -2.39. The van der Waals surface area contributed by atoms with Crippen LogP contribution in [0.3, 0.4) is 0 Å². The van der Waals surface area contributed by atoms with E-state index in [1.165, 1.54) is 4.90 Å². The Balaban J connectivity index is 0.000000830. The Hall–Kier alpha value is -1.65. The highest BCUT2D eigenvalue weighted by atomic mass is 16.3. The summed E-state index contributed by atoms with van der Waals surface area (Å²) >= 11 is 0. The van der Waals surface area contributed by atoms with E-state index < -0.39 is 0 Å². The van der Waals surface area contributed by atoms with Gasteiger partial charge in [-0.25, -0.2) is 0 Å². The van der Waals surface area contributed by atoms with E-state index in [4.69, 9.17) is 9.90 Å². The molecule has 0 radical (unpaired) electrons. The zero-order valence-corrected chi connectivity index (χ0v) is 11.4. The molecule has 0 aliphatic heterocycles. The summed E-state index contributed by atoms with van der Waals surface area (Å²) in [7, 11) is 0. The first-order chi connectivity index (χ1) is 9.10. The minimum atomic E-state index is -0.250. The lowest BCUT2D eigenvalue weighted by molar-refractivity contribution is -0.143. The van der Waals surface area contributed by atoms with Crippen LogP contribution in [-0.4, -0.2) is 35.3 Å². The van der Waals surface area contributed by atoms with Gasteiger partial charge >= 0.3 is 0 Å². The van der Waals surface area contributed by atoms with Crippen LogP contribution in [0.1, 0.15) is 34.1 Å². The average molecular weight is 283 g/mol. The van der Waals surface area contributed by atoms with E-state index in [1.54, 1.807) is 0 Å². The van der Waals surface area contributed by atoms with Gasteiger partial charge in [-0.2, -0.15) is 0 Å². The maximum absolute atomic E-state index is 12.2. The van der Waals surface area contributed by atoms with E-state index in [0.717, 1.165) is 12.8 Å². The van der Waals surface area contributed by atoms with Crippen molar-refractivity contribution in [3.8, 4) is 0 Å². The number of hydrogen-bond donors (Lipinski definition) is 1. The molecule has 1 N–H and O–H groups in total. The van der Waals surface area contributed by atoms with E-state index in [9.17, 15) is 9.59 Å². The molecule has 0 aromatic heterocycles. The molecule has 20 heavy (non-hydrogen) atoms. The number of amides is 2. The fraction of sp³-hybridized carbons (Fsp3) is 0.667. The van der Waals surface area contributed by atoms with Crippen molar-refractivity contribution in [3.05, 3.63) is 12.2 Å². The zero-order chi connectivity index (χ0) is 14.4. The van der Waals surface area contributed by atoms with Gasteiger partial charge in [0.2, 0.25) is 12.3 Å². The van der Waals surface area contributed by atoms with Gasteiger partial charge < -0.3 is 5.11 Å². The van der Waals surface area contributed by atoms with Crippen molar-refractivity contribution < 1.29 is 19.5 Å². The molecular weight excluding hydrogens is 258 g/mol. The first kappa shape index (κ1) is 18.4. The molecule has 5 nitrogen and oxygen atoms in total. The molecule has 0 heterocycles. The van der Waals surface area contributed by atoms with Gasteiger partial charge in [-0.15, -0.1) is 0 Å². The fourth-order valence-corrected chi connectivity index (χ4v) is 3.12. The number of rotatable bonds is 4. The normalized spacial score (nSPS) is 28.9. The molecule has 0 saturated heterocycles. The average Bonchev–Trinajstić information content (AvgIpc) is 2.97. The number of carboxylic acid groups (broad SMARTS) is 1. The van der Waals surface area contributed by atoms with Gasteiger partial charge in [-0.3, -0.25) is 19.3 Å². The van der Waals surface area contributed by atoms with Crippen LogP contribution in [0.5, 0.6) is 0 Å². The van der Waals surface area contributed by atoms with Crippen LogP contribution in [0.4, 0.5) is 0 Å². The SMILES string of the molecule is C.CCCN(C=O)C(=O)C1C2C=CC(C2)C1C.O=CO. The number of carbonyl (C=O) groups excluding carboxylic acids is 2. The van der Waals surface area contributed by atoms with Gasteiger partial charge in [-0.05, 0) is 30.6 Å². The van der Waals surface area contributed by atoms with Crippen LogP contribution in [-0.2, 0) is 14.4 Å². The molecule has 2 aliphatic carbocycles. The number of carbonyl (C=O) groups is 3. The first-order valence-electron chi connectivity index (χ1n) is 6.62. The van der Waals surface area contributed by atoms with Gasteiger partial charge in [0.05, 0.1) is 0 Å². The Morgan fingerprint density at radius 1 is 1.35 bits per heavy atom. The topological polar surface area (TPSA) is 74.7 Å². The number of nitrogens with zero attached hydrogens (tertiary/aromatic N) is 1. The Morgan fingerprint density at radius 3 is 2.30 bits per heavy atom. The minimum absolute atomic E-state index is 0. The van der Waals surface area contributed by atoms with Crippen molar-refractivity contribution in [1.29, 1.82) is 0 Å². The molecule has 4 unspecified atom stereocenters. The van der Waals surface area contributed by atoms with E-state index in [1.807, 2.05) is 6.92 Å².